The van der Waals surface area contributed by atoms with Crippen LogP contribution in [0.3, 0.4) is 0 Å². The summed E-state index contributed by atoms with van der Waals surface area (Å²) in [5.41, 5.74) is 0.524. The van der Waals surface area contributed by atoms with Gasteiger partial charge in [0.1, 0.15) is 5.82 Å². The first kappa shape index (κ1) is 16.6. The normalized spacial score (nSPS) is 16.4. The second-order valence-electron chi connectivity index (χ2n) is 5.78. The molecule has 0 bridgehead atoms. The third-order valence-electron chi connectivity index (χ3n) is 4.75. The van der Waals surface area contributed by atoms with Crippen LogP contribution in [0.5, 0.6) is 0 Å². The van der Waals surface area contributed by atoms with Crippen LogP contribution in [-0.4, -0.2) is 29.3 Å². The van der Waals surface area contributed by atoms with E-state index in [9.17, 15) is 9.18 Å². The van der Waals surface area contributed by atoms with E-state index in [1.165, 1.54) is 18.9 Å². The molecule has 116 valence electrons. The van der Waals surface area contributed by atoms with Crippen LogP contribution >= 0.6 is 15.9 Å². The predicted molar refractivity (Wildman–Crippen MR) is 86.9 cm³/mol. The standard InChI is InChI=1S/C17H23BrFNO/c1-3-17(4-2,20-9-5-6-10-20)16(21)12-13-7-8-15(19)14(18)11-13/h7-8,11H,3-6,9-10,12H2,1-2H3. The van der Waals surface area contributed by atoms with E-state index in [0.29, 0.717) is 10.9 Å². The first-order valence-corrected chi connectivity index (χ1v) is 8.55. The highest BCUT2D eigenvalue weighted by Gasteiger charge is 2.41. The van der Waals surface area contributed by atoms with Gasteiger partial charge in [0.2, 0.25) is 0 Å². The Hall–Kier alpha value is -0.740. The van der Waals surface area contributed by atoms with Gasteiger partial charge in [-0.25, -0.2) is 4.39 Å². The number of nitrogens with zero attached hydrogens (tertiary/aromatic N) is 1. The average Bonchev–Trinajstić information content (AvgIpc) is 3.00. The summed E-state index contributed by atoms with van der Waals surface area (Å²) >= 11 is 3.19. The summed E-state index contributed by atoms with van der Waals surface area (Å²) in [4.78, 5) is 15.3. The van der Waals surface area contributed by atoms with E-state index in [2.05, 4.69) is 34.7 Å². The Morgan fingerprint density at radius 1 is 1.29 bits per heavy atom. The summed E-state index contributed by atoms with van der Waals surface area (Å²) in [6.07, 6.45) is 4.40. The van der Waals surface area contributed by atoms with E-state index >= 15 is 0 Å². The molecule has 0 atom stereocenters. The van der Waals surface area contributed by atoms with E-state index in [1.807, 2.05) is 0 Å². The molecule has 2 nitrogen and oxygen atoms in total. The summed E-state index contributed by atoms with van der Waals surface area (Å²) in [5.74, 6) is -0.0316. The smallest absolute Gasteiger partial charge is 0.157 e. The summed E-state index contributed by atoms with van der Waals surface area (Å²) in [6, 6.07) is 4.84. The predicted octanol–water partition coefficient (Wildman–Crippen LogP) is 4.35. The Bertz CT molecular complexity index is 508. The van der Waals surface area contributed by atoms with Crippen LogP contribution in [0.15, 0.2) is 22.7 Å². The van der Waals surface area contributed by atoms with Crippen molar-refractivity contribution in [2.45, 2.75) is 51.5 Å². The molecule has 0 aliphatic carbocycles. The lowest BCUT2D eigenvalue weighted by Gasteiger charge is -2.39. The molecule has 0 amide bonds. The number of halogens is 2. The van der Waals surface area contributed by atoms with E-state index < -0.39 is 0 Å². The molecular weight excluding hydrogens is 333 g/mol. The summed E-state index contributed by atoms with van der Waals surface area (Å²) in [6.45, 7) is 6.22. The van der Waals surface area contributed by atoms with Gasteiger partial charge >= 0.3 is 0 Å². The Labute approximate surface area is 134 Å². The molecule has 1 heterocycles. The highest BCUT2D eigenvalue weighted by atomic mass is 79.9. The minimum atomic E-state index is -0.350. The third kappa shape index (κ3) is 3.37. The number of hydrogen-bond donors (Lipinski definition) is 0. The van der Waals surface area contributed by atoms with Crippen molar-refractivity contribution in [1.29, 1.82) is 0 Å². The van der Waals surface area contributed by atoms with Crippen molar-refractivity contribution in [3.63, 3.8) is 0 Å². The third-order valence-corrected chi connectivity index (χ3v) is 5.36. The maximum atomic E-state index is 13.3. The lowest BCUT2D eigenvalue weighted by molar-refractivity contribution is -0.130. The van der Waals surface area contributed by atoms with E-state index in [0.717, 1.165) is 31.5 Å². The van der Waals surface area contributed by atoms with E-state index in [4.69, 9.17) is 0 Å². The molecule has 1 aromatic carbocycles. The van der Waals surface area contributed by atoms with Gasteiger partial charge in [0, 0.05) is 6.42 Å². The van der Waals surface area contributed by atoms with Crippen LogP contribution in [0.4, 0.5) is 4.39 Å². The van der Waals surface area contributed by atoms with E-state index in [-0.39, 0.29) is 17.1 Å². The number of ketones is 1. The minimum Gasteiger partial charge on any atom is -0.297 e. The minimum absolute atomic E-state index is 0.257. The molecule has 4 heteroatoms. The number of likely N-dealkylation sites (tertiary alicyclic amines) is 1. The Morgan fingerprint density at radius 3 is 2.43 bits per heavy atom. The number of rotatable bonds is 6. The van der Waals surface area contributed by atoms with Crippen molar-refractivity contribution >= 4 is 21.7 Å². The molecule has 0 aromatic heterocycles. The maximum Gasteiger partial charge on any atom is 0.157 e. The molecule has 0 unspecified atom stereocenters. The van der Waals surface area contributed by atoms with Gasteiger partial charge in [0.15, 0.2) is 5.78 Å². The van der Waals surface area contributed by atoms with Gasteiger partial charge in [-0.2, -0.15) is 0 Å². The van der Waals surface area contributed by atoms with Crippen LogP contribution in [0, 0.1) is 5.82 Å². The van der Waals surface area contributed by atoms with Crippen molar-refractivity contribution in [2.75, 3.05) is 13.1 Å². The van der Waals surface area contributed by atoms with Gasteiger partial charge in [-0.05, 0) is 72.4 Å². The quantitative estimate of drug-likeness (QED) is 0.755. The van der Waals surface area contributed by atoms with Gasteiger partial charge in [-0.3, -0.25) is 9.69 Å². The number of hydrogen-bond acceptors (Lipinski definition) is 2. The first-order chi connectivity index (χ1) is 10.0. The fourth-order valence-electron chi connectivity index (χ4n) is 3.41. The molecule has 0 radical (unpaired) electrons. The molecule has 1 aromatic rings. The number of carbonyl (C=O) groups is 1. The molecule has 1 saturated heterocycles. The highest BCUT2D eigenvalue weighted by molar-refractivity contribution is 9.10. The molecular formula is C17H23BrFNO. The van der Waals surface area contributed by atoms with Gasteiger partial charge in [-0.1, -0.05) is 19.9 Å². The zero-order valence-corrected chi connectivity index (χ0v) is 14.4. The van der Waals surface area contributed by atoms with E-state index in [1.54, 1.807) is 12.1 Å². The van der Waals surface area contributed by atoms with Crippen LogP contribution in [-0.2, 0) is 11.2 Å². The first-order valence-electron chi connectivity index (χ1n) is 7.75. The Balaban J connectivity index is 2.20. The molecule has 1 aliphatic heterocycles. The average molecular weight is 356 g/mol. The fraction of sp³-hybridized carbons (Fsp3) is 0.588. The zero-order chi connectivity index (χ0) is 15.5. The van der Waals surface area contributed by atoms with Crippen molar-refractivity contribution in [1.82, 2.24) is 4.90 Å². The number of Topliss-reactive ketones (excluding diaryl/α,β-unsaturated/α-hetero) is 1. The van der Waals surface area contributed by atoms with Gasteiger partial charge in [-0.15, -0.1) is 0 Å². The molecule has 1 aliphatic rings. The van der Waals surface area contributed by atoms with Gasteiger partial charge in [0.05, 0.1) is 10.0 Å². The van der Waals surface area contributed by atoms with Crippen LogP contribution in [0.2, 0.25) is 0 Å². The van der Waals surface area contributed by atoms with Crippen molar-refractivity contribution in [2.24, 2.45) is 0 Å². The maximum absolute atomic E-state index is 13.3. The van der Waals surface area contributed by atoms with Gasteiger partial charge in [0.25, 0.3) is 0 Å². The Morgan fingerprint density at radius 2 is 1.90 bits per heavy atom. The topological polar surface area (TPSA) is 20.3 Å². The molecule has 2 rings (SSSR count). The molecule has 0 saturated carbocycles. The summed E-state index contributed by atoms with van der Waals surface area (Å²) in [5, 5.41) is 0. The van der Waals surface area contributed by atoms with Crippen LogP contribution in [0.1, 0.15) is 45.1 Å². The molecule has 0 spiro atoms. The zero-order valence-electron chi connectivity index (χ0n) is 12.8. The lowest BCUT2D eigenvalue weighted by Crippen LogP contribution is -2.53. The van der Waals surface area contributed by atoms with Crippen LogP contribution in [0.25, 0.3) is 0 Å². The summed E-state index contributed by atoms with van der Waals surface area (Å²) < 4.78 is 13.7. The highest BCUT2D eigenvalue weighted by Crippen LogP contribution is 2.30. The monoisotopic (exact) mass is 355 g/mol. The molecule has 1 fully saturated rings. The molecule has 0 N–H and O–H groups in total. The largest absolute Gasteiger partial charge is 0.297 e. The second-order valence-corrected chi connectivity index (χ2v) is 6.64. The SMILES string of the molecule is CCC(CC)(C(=O)Cc1ccc(F)c(Br)c1)N1CCCC1. The van der Waals surface area contributed by atoms with Crippen molar-refractivity contribution < 1.29 is 9.18 Å². The van der Waals surface area contributed by atoms with Crippen molar-refractivity contribution in [3.8, 4) is 0 Å². The lowest BCUT2D eigenvalue weighted by atomic mass is 9.83. The van der Waals surface area contributed by atoms with Gasteiger partial charge < -0.3 is 0 Å². The number of benzene rings is 1. The summed E-state index contributed by atoms with van der Waals surface area (Å²) in [7, 11) is 0. The Kier molecular flexibility index (Phi) is 5.55. The van der Waals surface area contributed by atoms with Crippen molar-refractivity contribution in [3.05, 3.63) is 34.1 Å². The second kappa shape index (κ2) is 7.01. The molecule has 21 heavy (non-hydrogen) atoms. The number of carbonyl (C=O) groups excluding carboxylic acids is 1. The fourth-order valence-corrected chi connectivity index (χ4v) is 3.84. The van der Waals surface area contributed by atoms with Crippen LogP contribution < -0.4 is 0 Å².